The molecular weight excluding hydrogens is 240 g/mol. The highest BCUT2D eigenvalue weighted by Gasteiger charge is 2.10. The number of hydrogen-bond acceptors (Lipinski definition) is 3. The minimum Gasteiger partial charge on any atom is -0.448 e. The molecule has 0 aromatic heterocycles. The van der Waals surface area contributed by atoms with E-state index in [2.05, 4.69) is 5.32 Å². The molecule has 0 spiro atoms. The topological polar surface area (TPSA) is 64.3 Å². The summed E-state index contributed by atoms with van der Waals surface area (Å²) < 4.78 is 4.84. The van der Waals surface area contributed by atoms with Crippen molar-refractivity contribution in [3.05, 3.63) is 0 Å². The molecule has 0 bridgehead atoms. The van der Waals surface area contributed by atoms with E-state index in [9.17, 15) is 4.79 Å². The predicted molar refractivity (Wildman–Crippen MR) is 78.1 cm³/mol. The SMILES string of the molecule is NCCOC(=O)NCCCCC1CCCCCCC1. The van der Waals surface area contributed by atoms with E-state index in [1.165, 1.54) is 57.8 Å². The van der Waals surface area contributed by atoms with Crippen LogP contribution in [0.3, 0.4) is 0 Å². The van der Waals surface area contributed by atoms with Gasteiger partial charge in [-0.1, -0.05) is 57.8 Å². The molecule has 0 atom stereocenters. The molecule has 0 unspecified atom stereocenters. The summed E-state index contributed by atoms with van der Waals surface area (Å²) in [6.07, 6.45) is 13.2. The molecule has 1 saturated carbocycles. The molecule has 1 aliphatic rings. The summed E-state index contributed by atoms with van der Waals surface area (Å²) >= 11 is 0. The van der Waals surface area contributed by atoms with Gasteiger partial charge >= 0.3 is 6.09 Å². The number of nitrogens with one attached hydrogen (secondary N) is 1. The Morgan fingerprint density at radius 3 is 2.47 bits per heavy atom. The van der Waals surface area contributed by atoms with Crippen LogP contribution in [0.4, 0.5) is 4.79 Å². The van der Waals surface area contributed by atoms with E-state index in [0.29, 0.717) is 13.2 Å². The molecule has 1 fully saturated rings. The zero-order valence-electron chi connectivity index (χ0n) is 12.2. The highest BCUT2D eigenvalue weighted by atomic mass is 16.5. The Balaban J connectivity index is 1.95. The third kappa shape index (κ3) is 8.87. The number of unbranched alkanes of at least 4 members (excludes halogenated alkanes) is 1. The summed E-state index contributed by atoms with van der Waals surface area (Å²) in [7, 11) is 0. The first-order chi connectivity index (χ1) is 9.33. The number of ether oxygens (including phenoxy) is 1. The van der Waals surface area contributed by atoms with E-state index in [1.54, 1.807) is 0 Å². The van der Waals surface area contributed by atoms with Gasteiger partial charge in [0.1, 0.15) is 6.61 Å². The average molecular weight is 270 g/mol. The number of carbonyl (C=O) groups excluding carboxylic acids is 1. The van der Waals surface area contributed by atoms with E-state index in [-0.39, 0.29) is 6.09 Å². The number of nitrogens with two attached hydrogens (primary N) is 1. The van der Waals surface area contributed by atoms with Crippen LogP contribution in [0.5, 0.6) is 0 Å². The molecule has 1 amide bonds. The van der Waals surface area contributed by atoms with Crippen LogP contribution in [0.15, 0.2) is 0 Å². The van der Waals surface area contributed by atoms with Crippen molar-refractivity contribution in [2.24, 2.45) is 11.7 Å². The standard InChI is InChI=1S/C15H30N2O2/c16-11-13-19-15(18)17-12-7-6-10-14-8-4-2-1-3-5-9-14/h14H,1-13,16H2,(H,17,18). The Bertz CT molecular complexity index is 226. The fraction of sp³-hybridized carbons (Fsp3) is 0.933. The molecule has 4 nitrogen and oxygen atoms in total. The number of alkyl carbamates (subject to hydrolysis) is 1. The largest absolute Gasteiger partial charge is 0.448 e. The van der Waals surface area contributed by atoms with Gasteiger partial charge in [-0.25, -0.2) is 4.79 Å². The maximum atomic E-state index is 11.2. The van der Waals surface area contributed by atoms with E-state index in [4.69, 9.17) is 10.5 Å². The van der Waals surface area contributed by atoms with Crippen LogP contribution in [0.2, 0.25) is 0 Å². The highest BCUT2D eigenvalue weighted by molar-refractivity contribution is 5.66. The van der Waals surface area contributed by atoms with Crippen molar-refractivity contribution in [2.45, 2.75) is 64.2 Å². The summed E-state index contributed by atoms with van der Waals surface area (Å²) in [5.74, 6) is 0.921. The van der Waals surface area contributed by atoms with Gasteiger partial charge in [-0.3, -0.25) is 0 Å². The maximum Gasteiger partial charge on any atom is 0.407 e. The third-order valence-corrected chi connectivity index (χ3v) is 3.88. The highest BCUT2D eigenvalue weighted by Crippen LogP contribution is 2.26. The second-order valence-electron chi connectivity index (χ2n) is 5.56. The molecule has 0 radical (unpaired) electrons. The first kappa shape index (κ1) is 16.3. The Morgan fingerprint density at radius 2 is 1.79 bits per heavy atom. The lowest BCUT2D eigenvalue weighted by Gasteiger charge is -2.19. The zero-order valence-corrected chi connectivity index (χ0v) is 12.2. The summed E-state index contributed by atoms with van der Waals surface area (Å²) in [4.78, 5) is 11.2. The van der Waals surface area contributed by atoms with Gasteiger partial charge in [-0.2, -0.15) is 0 Å². The fourth-order valence-corrected chi connectivity index (χ4v) is 2.78. The molecule has 1 aliphatic carbocycles. The van der Waals surface area contributed by atoms with Gasteiger partial charge in [0.15, 0.2) is 0 Å². The van der Waals surface area contributed by atoms with Crippen LogP contribution in [-0.4, -0.2) is 25.8 Å². The van der Waals surface area contributed by atoms with Gasteiger partial charge in [-0.15, -0.1) is 0 Å². The molecule has 4 heteroatoms. The van der Waals surface area contributed by atoms with Crippen molar-refractivity contribution < 1.29 is 9.53 Å². The van der Waals surface area contributed by atoms with E-state index in [0.717, 1.165) is 18.9 Å². The average Bonchev–Trinajstić information content (AvgIpc) is 2.38. The smallest absolute Gasteiger partial charge is 0.407 e. The summed E-state index contributed by atoms with van der Waals surface area (Å²) in [5.41, 5.74) is 5.25. The van der Waals surface area contributed by atoms with Crippen molar-refractivity contribution in [3.63, 3.8) is 0 Å². The molecule has 19 heavy (non-hydrogen) atoms. The first-order valence-corrected chi connectivity index (χ1v) is 7.93. The van der Waals surface area contributed by atoms with Gasteiger partial charge in [0, 0.05) is 13.1 Å². The predicted octanol–water partition coefficient (Wildman–Crippen LogP) is 3.20. The number of rotatable bonds is 7. The van der Waals surface area contributed by atoms with Crippen molar-refractivity contribution in [3.8, 4) is 0 Å². The normalized spacial score (nSPS) is 17.5. The van der Waals surface area contributed by atoms with E-state index in [1.807, 2.05) is 0 Å². The Morgan fingerprint density at radius 1 is 1.11 bits per heavy atom. The van der Waals surface area contributed by atoms with Crippen molar-refractivity contribution in [1.82, 2.24) is 5.32 Å². The van der Waals surface area contributed by atoms with Crippen molar-refractivity contribution in [2.75, 3.05) is 19.7 Å². The molecule has 3 N–H and O–H groups in total. The van der Waals surface area contributed by atoms with Crippen LogP contribution >= 0.6 is 0 Å². The fourth-order valence-electron chi connectivity index (χ4n) is 2.78. The minimum absolute atomic E-state index is 0.300. The van der Waals surface area contributed by atoms with Crippen LogP contribution in [0.1, 0.15) is 64.2 Å². The molecule has 0 aliphatic heterocycles. The Labute approximate surface area is 117 Å². The summed E-state index contributed by atoms with van der Waals surface area (Å²) in [6.45, 7) is 1.40. The molecular formula is C15H30N2O2. The van der Waals surface area contributed by atoms with Gasteiger partial charge in [-0.05, 0) is 12.3 Å². The van der Waals surface area contributed by atoms with Gasteiger partial charge in [0.25, 0.3) is 0 Å². The van der Waals surface area contributed by atoms with Gasteiger partial charge < -0.3 is 15.8 Å². The third-order valence-electron chi connectivity index (χ3n) is 3.88. The quantitative estimate of drug-likeness (QED) is 0.698. The second-order valence-corrected chi connectivity index (χ2v) is 5.56. The Hall–Kier alpha value is -0.770. The lowest BCUT2D eigenvalue weighted by atomic mass is 9.88. The summed E-state index contributed by atoms with van der Waals surface area (Å²) in [6, 6.07) is 0. The van der Waals surface area contributed by atoms with E-state index < -0.39 is 0 Å². The lowest BCUT2D eigenvalue weighted by molar-refractivity contribution is 0.149. The summed E-state index contributed by atoms with van der Waals surface area (Å²) in [5, 5.41) is 2.76. The van der Waals surface area contributed by atoms with Crippen LogP contribution < -0.4 is 11.1 Å². The van der Waals surface area contributed by atoms with Gasteiger partial charge in [0.05, 0.1) is 0 Å². The Kier molecular flexibility index (Phi) is 9.51. The molecule has 0 heterocycles. The van der Waals surface area contributed by atoms with Gasteiger partial charge in [0.2, 0.25) is 0 Å². The first-order valence-electron chi connectivity index (χ1n) is 7.93. The van der Waals surface area contributed by atoms with Crippen LogP contribution in [-0.2, 0) is 4.74 Å². The number of hydrogen-bond donors (Lipinski definition) is 2. The molecule has 112 valence electrons. The van der Waals surface area contributed by atoms with Crippen molar-refractivity contribution >= 4 is 6.09 Å². The zero-order chi connectivity index (χ0) is 13.8. The van der Waals surface area contributed by atoms with E-state index >= 15 is 0 Å². The number of carbonyl (C=O) groups is 1. The second kappa shape index (κ2) is 11.1. The molecule has 1 rings (SSSR count). The van der Waals surface area contributed by atoms with Crippen LogP contribution in [0.25, 0.3) is 0 Å². The molecule has 0 aromatic carbocycles. The lowest BCUT2D eigenvalue weighted by Crippen LogP contribution is -2.27. The van der Waals surface area contributed by atoms with Crippen LogP contribution in [0, 0.1) is 5.92 Å². The maximum absolute atomic E-state index is 11.2. The molecule has 0 saturated heterocycles. The minimum atomic E-state index is -0.337. The van der Waals surface area contributed by atoms with Crippen molar-refractivity contribution in [1.29, 1.82) is 0 Å². The monoisotopic (exact) mass is 270 g/mol. The molecule has 0 aromatic rings. The number of amides is 1.